The highest BCUT2D eigenvalue weighted by molar-refractivity contribution is 7.81. The van der Waals surface area contributed by atoms with Crippen molar-refractivity contribution in [1.82, 2.24) is 0 Å². The molecule has 0 aromatic rings. The predicted octanol–water partition coefficient (Wildman–Crippen LogP) is -0.158. The Balaban J connectivity index is 3.02. The van der Waals surface area contributed by atoms with Gasteiger partial charge >= 0.3 is 0 Å². The fraction of sp³-hybridized carbons (Fsp3) is 1.00. The van der Waals surface area contributed by atoms with Crippen molar-refractivity contribution < 1.29 is 10.2 Å². The molecule has 1 radical (unpaired) electrons. The average Bonchev–Trinajstić information content (AvgIpc) is 0.722. The van der Waals surface area contributed by atoms with Gasteiger partial charge in [0.2, 0.25) is 5.12 Å². The Morgan fingerprint density at radius 3 is 1.60 bits per heavy atom. The van der Waals surface area contributed by atoms with Gasteiger partial charge in [-0.25, -0.2) is 0 Å². The Hall–Kier alpha value is 0.270. The van der Waals surface area contributed by atoms with E-state index in [1.54, 1.807) is 0 Å². The van der Waals surface area contributed by atoms with Gasteiger partial charge in [0.15, 0.2) is 0 Å². The summed E-state index contributed by atoms with van der Waals surface area (Å²) >= 11 is 3.94. The topological polar surface area (TPSA) is 40.5 Å². The van der Waals surface area contributed by atoms with E-state index in [-0.39, 0.29) is 0 Å². The largest absolute Gasteiger partial charge is 0.357 e. The summed E-state index contributed by atoms with van der Waals surface area (Å²) in [5.41, 5.74) is 0. The second-order valence-corrected chi connectivity index (χ2v) is 1.71. The molecule has 0 saturated carbocycles. The molecule has 0 bridgehead atoms. The number of hydrogen-bond donors (Lipinski definition) is 2. The maximum absolute atomic E-state index is 7.89. The van der Waals surface area contributed by atoms with Gasteiger partial charge in [0.05, 0.1) is 0 Å². The Bertz CT molecular complexity index is 23.1. The smallest absolute Gasteiger partial charge is 0.220 e. The summed E-state index contributed by atoms with van der Waals surface area (Å²) in [6.45, 7) is 1.11. The van der Waals surface area contributed by atoms with Crippen LogP contribution >= 0.6 is 12.6 Å². The van der Waals surface area contributed by atoms with Crippen LogP contribution < -0.4 is 0 Å². The second kappa shape index (κ2) is 1.16. The lowest BCUT2D eigenvalue weighted by Gasteiger charge is -2.00. The van der Waals surface area contributed by atoms with Crippen molar-refractivity contribution >= 4 is 12.6 Å². The first kappa shape index (κ1) is 5.27. The van der Waals surface area contributed by atoms with Crippen molar-refractivity contribution in [2.45, 2.75) is 12.0 Å². The third-order valence-electron chi connectivity index (χ3n) is 0. The summed E-state index contributed by atoms with van der Waals surface area (Å²) in [5.74, 6) is 0. The van der Waals surface area contributed by atoms with Gasteiger partial charge in [-0.05, 0) is 12.6 Å². The lowest BCUT2D eigenvalue weighted by atomic mass is 10.8. The SMILES string of the molecule is CC(O)(O)[S]. The standard InChI is InChI=1S/C2H5O2S/c1-2(3,4)5/h3-4H,1H3. The molecule has 3 heteroatoms. The van der Waals surface area contributed by atoms with Crippen LogP contribution in [0.15, 0.2) is 0 Å². The molecular weight excluding hydrogens is 88.1 g/mol. The van der Waals surface area contributed by atoms with Crippen molar-refractivity contribution in [3.63, 3.8) is 0 Å². The van der Waals surface area contributed by atoms with E-state index in [1.165, 1.54) is 0 Å². The van der Waals surface area contributed by atoms with Crippen LogP contribution in [0.1, 0.15) is 6.92 Å². The molecule has 2 nitrogen and oxygen atoms in total. The molecule has 0 spiro atoms. The number of hydrogen-bond acceptors (Lipinski definition) is 2. The first-order valence-electron chi connectivity index (χ1n) is 1.15. The molecule has 0 fully saturated rings. The van der Waals surface area contributed by atoms with Crippen LogP contribution in [0.4, 0.5) is 0 Å². The van der Waals surface area contributed by atoms with Crippen molar-refractivity contribution in [2.75, 3.05) is 0 Å². The monoisotopic (exact) mass is 93.0 g/mol. The Morgan fingerprint density at radius 1 is 1.60 bits per heavy atom. The summed E-state index contributed by atoms with van der Waals surface area (Å²) in [4.78, 5) is 0. The molecule has 0 aromatic heterocycles. The van der Waals surface area contributed by atoms with Gasteiger partial charge in [-0.2, -0.15) is 0 Å². The summed E-state index contributed by atoms with van der Waals surface area (Å²) in [5, 5.41) is 13.9. The van der Waals surface area contributed by atoms with E-state index in [0.29, 0.717) is 0 Å². The maximum Gasteiger partial charge on any atom is 0.220 e. The fourth-order valence-corrected chi connectivity index (χ4v) is 0. The molecule has 0 aromatic carbocycles. The highest BCUT2D eigenvalue weighted by atomic mass is 32.1. The fourth-order valence-electron chi connectivity index (χ4n) is 0. The first-order valence-corrected chi connectivity index (χ1v) is 1.56. The lowest BCUT2D eigenvalue weighted by Crippen LogP contribution is -2.11. The minimum atomic E-state index is -1.92. The van der Waals surface area contributed by atoms with Crippen LogP contribution in [0, 0.1) is 0 Å². The molecule has 0 aliphatic heterocycles. The molecule has 0 heterocycles. The molecule has 0 aliphatic rings. The van der Waals surface area contributed by atoms with E-state index in [0.717, 1.165) is 6.92 Å². The molecule has 0 unspecified atom stereocenters. The third-order valence-corrected chi connectivity index (χ3v) is 0. The van der Waals surface area contributed by atoms with E-state index in [2.05, 4.69) is 12.6 Å². The minimum absolute atomic E-state index is 1.11. The molecule has 5 heavy (non-hydrogen) atoms. The summed E-state index contributed by atoms with van der Waals surface area (Å²) < 4.78 is 0. The van der Waals surface area contributed by atoms with E-state index >= 15 is 0 Å². The molecule has 0 atom stereocenters. The van der Waals surface area contributed by atoms with Crippen molar-refractivity contribution in [2.24, 2.45) is 0 Å². The van der Waals surface area contributed by atoms with Crippen LogP contribution in [0.2, 0.25) is 0 Å². The minimum Gasteiger partial charge on any atom is -0.357 e. The average molecular weight is 93.1 g/mol. The van der Waals surface area contributed by atoms with Crippen molar-refractivity contribution in [3.05, 3.63) is 0 Å². The van der Waals surface area contributed by atoms with Gasteiger partial charge in [-0.3, -0.25) is 0 Å². The van der Waals surface area contributed by atoms with Crippen LogP contribution in [-0.2, 0) is 0 Å². The highest BCUT2D eigenvalue weighted by Crippen LogP contribution is 1.98. The number of aliphatic hydroxyl groups is 2. The van der Waals surface area contributed by atoms with Crippen molar-refractivity contribution in [1.29, 1.82) is 0 Å². The molecule has 0 aliphatic carbocycles. The number of rotatable bonds is 0. The van der Waals surface area contributed by atoms with E-state index in [4.69, 9.17) is 10.2 Å². The Morgan fingerprint density at radius 2 is 1.60 bits per heavy atom. The van der Waals surface area contributed by atoms with E-state index in [1.807, 2.05) is 0 Å². The van der Waals surface area contributed by atoms with Crippen molar-refractivity contribution in [3.8, 4) is 0 Å². The van der Waals surface area contributed by atoms with Crippen LogP contribution in [0.5, 0.6) is 0 Å². The second-order valence-electron chi connectivity index (χ2n) is 0.934. The van der Waals surface area contributed by atoms with Gasteiger partial charge in [-0.1, -0.05) is 0 Å². The van der Waals surface area contributed by atoms with Gasteiger partial charge in [0.1, 0.15) is 0 Å². The van der Waals surface area contributed by atoms with Crippen LogP contribution in [-0.4, -0.2) is 15.3 Å². The molecule has 31 valence electrons. The lowest BCUT2D eigenvalue weighted by molar-refractivity contribution is -0.0567. The quantitative estimate of drug-likeness (QED) is 0.409. The zero-order chi connectivity index (χ0) is 4.50. The molecular formula is C2H5O2S. The maximum atomic E-state index is 7.89. The Kier molecular flexibility index (Phi) is 1.22. The van der Waals surface area contributed by atoms with Gasteiger partial charge in [-0.15, -0.1) is 0 Å². The molecule has 0 saturated heterocycles. The van der Waals surface area contributed by atoms with Crippen LogP contribution in [0.3, 0.4) is 0 Å². The molecule has 0 rings (SSSR count). The van der Waals surface area contributed by atoms with Gasteiger partial charge in [0.25, 0.3) is 0 Å². The summed E-state index contributed by atoms with van der Waals surface area (Å²) in [6, 6.07) is 0. The van der Waals surface area contributed by atoms with Gasteiger partial charge < -0.3 is 10.2 Å². The van der Waals surface area contributed by atoms with E-state index in [9.17, 15) is 0 Å². The van der Waals surface area contributed by atoms with Crippen LogP contribution in [0.25, 0.3) is 0 Å². The zero-order valence-corrected chi connectivity index (χ0v) is 3.62. The third kappa shape index (κ3) is 302. The highest BCUT2D eigenvalue weighted by Gasteiger charge is 2.04. The first-order chi connectivity index (χ1) is 2.00. The van der Waals surface area contributed by atoms with E-state index < -0.39 is 5.12 Å². The summed E-state index contributed by atoms with van der Waals surface area (Å²) in [7, 11) is 0. The molecule has 0 amide bonds. The van der Waals surface area contributed by atoms with Gasteiger partial charge in [0, 0.05) is 6.92 Å². The zero-order valence-electron chi connectivity index (χ0n) is 2.80. The normalized spacial score (nSPS) is 12.0. The molecule has 2 N–H and O–H groups in total. The Labute approximate surface area is 35.8 Å². The predicted molar refractivity (Wildman–Crippen MR) is 20.4 cm³/mol. The summed E-state index contributed by atoms with van der Waals surface area (Å²) in [6.07, 6.45) is 0.